The number of carboxylic acid groups (broad SMARTS) is 1. The summed E-state index contributed by atoms with van der Waals surface area (Å²) in [6.45, 7) is 0. The molecule has 0 atom stereocenters. The van der Waals surface area contributed by atoms with Crippen LogP contribution in [0.4, 0.5) is 18.9 Å². The van der Waals surface area contributed by atoms with Crippen molar-refractivity contribution < 1.29 is 27.9 Å². The average Bonchev–Trinajstić information content (AvgIpc) is 2.22. The summed E-state index contributed by atoms with van der Waals surface area (Å²) in [4.78, 5) is 21.4. The number of anilines is 1. The molecule has 0 aliphatic carbocycles. The second-order valence-corrected chi connectivity index (χ2v) is 3.86. The number of halogens is 5. The Bertz CT molecular complexity index is 517. The molecule has 0 unspecified atom stereocenters. The highest BCUT2D eigenvalue weighted by molar-refractivity contribution is 6.44. The minimum Gasteiger partial charge on any atom is -0.478 e. The van der Waals surface area contributed by atoms with Crippen LogP contribution in [0.3, 0.4) is 0 Å². The largest absolute Gasteiger partial charge is 0.478 e. The van der Waals surface area contributed by atoms with Crippen molar-refractivity contribution in [1.82, 2.24) is 0 Å². The van der Waals surface area contributed by atoms with E-state index in [1.54, 1.807) is 0 Å². The number of nitrogens with one attached hydrogen (secondary N) is 1. The normalized spacial score (nSPS) is 11.2. The molecule has 1 aromatic carbocycles. The van der Waals surface area contributed by atoms with Crippen molar-refractivity contribution in [3.05, 3.63) is 27.7 Å². The Balaban J connectivity index is 3.17. The van der Waals surface area contributed by atoms with E-state index in [2.05, 4.69) is 0 Å². The SMILES string of the molecule is O=C(O)c1cc(Cl)c(Cl)c(NC(=O)C(F)(F)F)c1. The highest BCUT2D eigenvalue weighted by Gasteiger charge is 2.39. The number of benzene rings is 1. The van der Waals surface area contributed by atoms with Crippen LogP contribution in [0.25, 0.3) is 0 Å². The quantitative estimate of drug-likeness (QED) is 0.881. The van der Waals surface area contributed by atoms with Gasteiger partial charge in [-0.25, -0.2) is 4.79 Å². The predicted octanol–water partition coefficient (Wildman–Crippen LogP) is 3.19. The van der Waals surface area contributed by atoms with Gasteiger partial charge < -0.3 is 10.4 Å². The highest BCUT2D eigenvalue weighted by atomic mass is 35.5. The number of aromatic carboxylic acids is 1. The van der Waals surface area contributed by atoms with E-state index in [4.69, 9.17) is 28.3 Å². The molecule has 0 spiro atoms. The van der Waals surface area contributed by atoms with E-state index in [1.165, 1.54) is 5.32 Å². The van der Waals surface area contributed by atoms with E-state index in [0.29, 0.717) is 0 Å². The van der Waals surface area contributed by atoms with E-state index in [9.17, 15) is 22.8 Å². The molecule has 0 fully saturated rings. The van der Waals surface area contributed by atoms with Gasteiger partial charge in [-0.3, -0.25) is 4.79 Å². The van der Waals surface area contributed by atoms with Crippen LogP contribution in [0.15, 0.2) is 12.1 Å². The van der Waals surface area contributed by atoms with Gasteiger partial charge in [-0.15, -0.1) is 0 Å². The molecule has 0 bridgehead atoms. The van der Waals surface area contributed by atoms with E-state index < -0.39 is 29.3 Å². The first-order chi connectivity index (χ1) is 8.12. The predicted molar refractivity (Wildman–Crippen MR) is 58.1 cm³/mol. The molecule has 2 N–H and O–H groups in total. The molecular weight excluding hydrogens is 298 g/mol. The fraction of sp³-hybridized carbons (Fsp3) is 0.111. The maximum atomic E-state index is 12.0. The van der Waals surface area contributed by atoms with Gasteiger partial charge in [0.05, 0.1) is 21.3 Å². The summed E-state index contributed by atoms with van der Waals surface area (Å²) in [6.07, 6.45) is -5.12. The number of hydrogen-bond acceptors (Lipinski definition) is 2. The smallest absolute Gasteiger partial charge is 0.471 e. The maximum Gasteiger partial charge on any atom is 0.471 e. The van der Waals surface area contributed by atoms with Gasteiger partial charge in [0, 0.05) is 0 Å². The first-order valence-corrected chi connectivity index (χ1v) is 4.99. The van der Waals surface area contributed by atoms with Crippen LogP contribution < -0.4 is 5.32 Å². The van der Waals surface area contributed by atoms with Crippen LogP contribution in [0.2, 0.25) is 10.0 Å². The van der Waals surface area contributed by atoms with Gasteiger partial charge in [0.1, 0.15) is 0 Å². The van der Waals surface area contributed by atoms with Gasteiger partial charge in [0.15, 0.2) is 0 Å². The molecule has 0 heterocycles. The second kappa shape index (κ2) is 5.03. The first-order valence-electron chi connectivity index (χ1n) is 4.23. The maximum absolute atomic E-state index is 12.0. The van der Waals surface area contributed by atoms with E-state index in [-0.39, 0.29) is 10.0 Å². The van der Waals surface area contributed by atoms with Gasteiger partial charge in [0.2, 0.25) is 0 Å². The summed E-state index contributed by atoms with van der Waals surface area (Å²) < 4.78 is 36.1. The molecule has 0 saturated heterocycles. The number of carbonyl (C=O) groups excluding carboxylic acids is 1. The van der Waals surface area contributed by atoms with Gasteiger partial charge >= 0.3 is 18.1 Å². The Morgan fingerprint density at radius 2 is 1.78 bits per heavy atom. The van der Waals surface area contributed by atoms with Gasteiger partial charge in [-0.2, -0.15) is 13.2 Å². The van der Waals surface area contributed by atoms with Crippen molar-refractivity contribution in [3.63, 3.8) is 0 Å². The number of rotatable bonds is 2. The third-order valence-electron chi connectivity index (χ3n) is 1.78. The van der Waals surface area contributed by atoms with E-state index in [0.717, 1.165) is 12.1 Å². The summed E-state index contributed by atoms with van der Waals surface area (Å²) >= 11 is 11.1. The van der Waals surface area contributed by atoms with Crippen LogP contribution in [0, 0.1) is 0 Å². The van der Waals surface area contributed by atoms with Gasteiger partial charge in [0.25, 0.3) is 0 Å². The fourth-order valence-corrected chi connectivity index (χ4v) is 1.37. The van der Waals surface area contributed by atoms with E-state index >= 15 is 0 Å². The number of hydrogen-bond donors (Lipinski definition) is 2. The zero-order valence-electron chi connectivity index (χ0n) is 8.31. The highest BCUT2D eigenvalue weighted by Crippen LogP contribution is 2.32. The lowest BCUT2D eigenvalue weighted by molar-refractivity contribution is -0.167. The summed E-state index contributed by atoms with van der Waals surface area (Å²) in [5.41, 5.74) is -0.925. The molecular formula is C9H4Cl2F3NO3. The second-order valence-electron chi connectivity index (χ2n) is 3.08. The van der Waals surface area contributed by atoms with Gasteiger partial charge in [-0.05, 0) is 12.1 Å². The Morgan fingerprint density at radius 1 is 1.22 bits per heavy atom. The van der Waals surface area contributed by atoms with Crippen molar-refractivity contribution in [2.75, 3.05) is 5.32 Å². The fourth-order valence-electron chi connectivity index (χ4n) is 0.997. The molecule has 0 saturated carbocycles. The Morgan fingerprint density at radius 3 is 2.22 bits per heavy atom. The standard InChI is InChI=1S/C9H4Cl2F3NO3/c10-4-1-3(7(16)17)2-5(6(4)11)15-8(18)9(12,13)14/h1-2H,(H,15,18)(H,16,17). The molecule has 1 aromatic rings. The van der Waals surface area contributed by atoms with Crippen molar-refractivity contribution >= 4 is 40.8 Å². The van der Waals surface area contributed by atoms with Crippen LogP contribution in [-0.2, 0) is 4.79 Å². The third kappa shape index (κ3) is 3.27. The van der Waals surface area contributed by atoms with Crippen LogP contribution in [0.1, 0.15) is 10.4 Å². The Kier molecular flexibility index (Phi) is 4.08. The van der Waals surface area contributed by atoms with Gasteiger partial charge in [-0.1, -0.05) is 23.2 Å². The molecule has 4 nitrogen and oxygen atoms in total. The Hall–Kier alpha value is -1.47. The number of carboxylic acids is 1. The molecule has 9 heteroatoms. The molecule has 0 aromatic heterocycles. The molecule has 1 rings (SSSR count). The summed E-state index contributed by atoms with van der Waals surface area (Å²) in [5.74, 6) is -3.70. The lowest BCUT2D eigenvalue weighted by atomic mass is 10.2. The topological polar surface area (TPSA) is 66.4 Å². The minimum absolute atomic E-state index is 0.283. The van der Waals surface area contributed by atoms with Crippen LogP contribution in [-0.4, -0.2) is 23.2 Å². The summed E-state index contributed by atoms with van der Waals surface area (Å²) in [7, 11) is 0. The number of carbonyl (C=O) groups is 2. The van der Waals surface area contributed by atoms with Crippen molar-refractivity contribution in [2.24, 2.45) is 0 Å². The number of alkyl halides is 3. The molecule has 0 aliphatic rings. The van der Waals surface area contributed by atoms with Crippen molar-refractivity contribution in [1.29, 1.82) is 0 Å². The van der Waals surface area contributed by atoms with Crippen LogP contribution >= 0.6 is 23.2 Å². The molecule has 0 radical (unpaired) electrons. The lowest BCUT2D eigenvalue weighted by Gasteiger charge is -2.11. The zero-order chi connectivity index (χ0) is 14.1. The molecule has 18 heavy (non-hydrogen) atoms. The average molecular weight is 302 g/mol. The first kappa shape index (κ1) is 14.6. The minimum atomic E-state index is -5.12. The van der Waals surface area contributed by atoms with Crippen LogP contribution in [0.5, 0.6) is 0 Å². The lowest BCUT2D eigenvalue weighted by Crippen LogP contribution is -2.30. The third-order valence-corrected chi connectivity index (χ3v) is 2.58. The monoisotopic (exact) mass is 301 g/mol. The van der Waals surface area contributed by atoms with Crippen molar-refractivity contribution in [2.45, 2.75) is 6.18 Å². The molecule has 1 amide bonds. The zero-order valence-corrected chi connectivity index (χ0v) is 9.82. The Labute approximate surface area is 108 Å². The van der Waals surface area contributed by atoms with E-state index in [1.807, 2.05) is 0 Å². The summed E-state index contributed by atoms with van der Waals surface area (Å²) in [6, 6.07) is 1.73. The number of amides is 1. The molecule has 98 valence electrons. The summed E-state index contributed by atoms with van der Waals surface area (Å²) in [5, 5.41) is 9.47. The van der Waals surface area contributed by atoms with Crippen molar-refractivity contribution in [3.8, 4) is 0 Å². The molecule has 0 aliphatic heterocycles.